The maximum absolute atomic E-state index is 12.1. The smallest absolute Gasteiger partial charge is 0.344 e. The van der Waals surface area contributed by atoms with Crippen LogP contribution in [-0.4, -0.2) is 44.3 Å². The van der Waals surface area contributed by atoms with Crippen LogP contribution in [0.1, 0.15) is 11.1 Å². The van der Waals surface area contributed by atoms with Crippen LogP contribution in [0.25, 0.3) is 11.3 Å². The highest BCUT2D eigenvalue weighted by atomic mass is 32.1. The Kier molecular flexibility index (Phi) is 7.67. The lowest BCUT2D eigenvalue weighted by Crippen LogP contribution is -2.23. The minimum absolute atomic E-state index is 0.281. The van der Waals surface area contributed by atoms with E-state index in [1.165, 1.54) is 11.3 Å². The third-order valence-electron chi connectivity index (χ3n) is 4.63. The molecule has 9 heteroatoms. The number of amides is 1. The maximum Gasteiger partial charge on any atom is 0.344 e. The molecule has 0 aliphatic heterocycles. The molecule has 3 aromatic rings. The third-order valence-corrected chi connectivity index (χ3v) is 5.39. The van der Waals surface area contributed by atoms with Gasteiger partial charge in [-0.3, -0.25) is 10.1 Å². The summed E-state index contributed by atoms with van der Waals surface area (Å²) in [5.74, 6) is 0.642. The highest BCUT2D eigenvalue weighted by Crippen LogP contribution is 2.33. The number of rotatable bonds is 9. The summed E-state index contributed by atoms with van der Waals surface area (Å²) in [6.45, 7) is 3.24. The molecule has 1 aromatic heterocycles. The van der Waals surface area contributed by atoms with E-state index in [2.05, 4.69) is 10.3 Å². The van der Waals surface area contributed by atoms with Crippen molar-refractivity contribution in [3.05, 3.63) is 52.9 Å². The van der Waals surface area contributed by atoms with Gasteiger partial charge in [-0.25, -0.2) is 9.78 Å². The summed E-state index contributed by atoms with van der Waals surface area (Å²) in [6, 6.07) is 11.0. The molecule has 0 saturated heterocycles. The predicted molar refractivity (Wildman–Crippen MR) is 122 cm³/mol. The van der Waals surface area contributed by atoms with Crippen molar-refractivity contribution in [3.8, 4) is 28.5 Å². The van der Waals surface area contributed by atoms with Gasteiger partial charge in [0, 0.05) is 10.9 Å². The van der Waals surface area contributed by atoms with Crippen molar-refractivity contribution in [2.24, 2.45) is 0 Å². The lowest BCUT2D eigenvalue weighted by molar-refractivity contribution is -0.149. The fraction of sp³-hybridized carbons (Fsp3) is 0.261. The van der Waals surface area contributed by atoms with Crippen LogP contribution in [0.4, 0.5) is 5.13 Å². The van der Waals surface area contributed by atoms with E-state index in [4.69, 9.17) is 18.9 Å². The van der Waals surface area contributed by atoms with Gasteiger partial charge in [0.1, 0.15) is 5.75 Å². The van der Waals surface area contributed by atoms with Crippen molar-refractivity contribution < 1.29 is 28.5 Å². The van der Waals surface area contributed by atoms with Gasteiger partial charge >= 0.3 is 5.97 Å². The second-order valence-electron chi connectivity index (χ2n) is 6.85. The van der Waals surface area contributed by atoms with Crippen LogP contribution < -0.4 is 19.5 Å². The number of methoxy groups -OCH3 is 2. The lowest BCUT2D eigenvalue weighted by atomic mass is 10.1. The van der Waals surface area contributed by atoms with E-state index in [1.54, 1.807) is 37.8 Å². The Balaban J connectivity index is 1.48. The average molecular weight is 457 g/mol. The summed E-state index contributed by atoms with van der Waals surface area (Å²) in [4.78, 5) is 28.4. The summed E-state index contributed by atoms with van der Waals surface area (Å²) >= 11 is 1.26. The summed E-state index contributed by atoms with van der Waals surface area (Å²) in [5, 5.41) is 4.82. The van der Waals surface area contributed by atoms with E-state index in [-0.39, 0.29) is 6.61 Å². The standard InChI is InChI=1S/C23H24N2O6S/c1-14-5-7-17(9-15(14)2)30-12-22(27)31-11-21(26)25-23-24-18(13-32-23)16-6-8-19(28-3)20(10-16)29-4/h5-10,13H,11-12H2,1-4H3,(H,24,25,26). The Bertz CT molecular complexity index is 1110. The van der Waals surface area contributed by atoms with Crippen LogP contribution >= 0.6 is 11.3 Å². The summed E-state index contributed by atoms with van der Waals surface area (Å²) in [5.41, 5.74) is 3.68. The average Bonchev–Trinajstić information content (AvgIpc) is 3.26. The number of aromatic nitrogens is 1. The van der Waals surface area contributed by atoms with Gasteiger partial charge in [-0.05, 0) is 55.3 Å². The van der Waals surface area contributed by atoms with Gasteiger partial charge in [-0.1, -0.05) is 6.07 Å². The summed E-state index contributed by atoms with van der Waals surface area (Å²) < 4.78 is 20.9. The van der Waals surface area contributed by atoms with Crippen LogP contribution in [0, 0.1) is 13.8 Å². The molecule has 168 valence electrons. The van der Waals surface area contributed by atoms with E-state index in [9.17, 15) is 9.59 Å². The molecular weight excluding hydrogens is 432 g/mol. The minimum atomic E-state index is -0.636. The highest BCUT2D eigenvalue weighted by molar-refractivity contribution is 7.14. The van der Waals surface area contributed by atoms with E-state index in [0.29, 0.717) is 28.1 Å². The molecule has 0 unspecified atom stereocenters. The molecule has 8 nitrogen and oxygen atoms in total. The van der Waals surface area contributed by atoms with Crippen molar-refractivity contribution in [2.75, 3.05) is 32.8 Å². The topological polar surface area (TPSA) is 96.0 Å². The molecule has 0 radical (unpaired) electrons. The van der Waals surface area contributed by atoms with Crippen molar-refractivity contribution >= 4 is 28.3 Å². The lowest BCUT2D eigenvalue weighted by Gasteiger charge is -2.08. The van der Waals surface area contributed by atoms with E-state index < -0.39 is 18.5 Å². The first-order valence-electron chi connectivity index (χ1n) is 9.73. The van der Waals surface area contributed by atoms with E-state index in [0.717, 1.165) is 16.7 Å². The van der Waals surface area contributed by atoms with Crippen LogP contribution in [0.15, 0.2) is 41.8 Å². The third kappa shape index (κ3) is 5.98. The van der Waals surface area contributed by atoms with Crippen LogP contribution in [-0.2, 0) is 14.3 Å². The van der Waals surface area contributed by atoms with E-state index in [1.807, 2.05) is 32.0 Å². The van der Waals surface area contributed by atoms with Gasteiger partial charge in [-0.2, -0.15) is 0 Å². The molecule has 2 aromatic carbocycles. The summed E-state index contributed by atoms with van der Waals surface area (Å²) in [7, 11) is 3.12. The number of thiazole rings is 1. The van der Waals surface area contributed by atoms with Gasteiger partial charge in [0.25, 0.3) is 5.91 Å². The fourth-order valence-electron chi connectivity index (χ4n) is 2.75. The Labute approximate surface area is 190 Å². The van der Waals surface area contributed by atoms with Gasteiger partial charge in [0.05, 0.1) is 19.9 Å². The number of aryl methyl sites for hydroxylation is 2. The van der Waals surface area contributed by atoms with Crippen molar-refractivity contribution in [3.63, 3.8) is 0 Å². The molecule has 0 aliphatic rings. The maximum atomic E-state index is 12.1. The number of nitrogens with zero attached hydrogens (tertiary/aromatic N) is 1. The van der Waals surface area contributed by atoms with Crippen LogP contribution in [0.5, 0.6) is 17.2 Å². The first-order valence-corrected chi connectivity index (χ1v) is 10.6. The number of nitrogens with one attached hydrogen (secondary N) is 1. The number of hydrogen-bond donors (Lipinski definition) is 1. The zero-order valence-electron chi connectivity index (χ0n) is 18.3. The molecule has 0 saturated carbocycles. The van der Waals surface area contributed by atoms with Crippen molar-refractivity contribution in [1.29, 1.82) is 0 Å². The highest BCUT2D eigenvalue weighted by Gasteiger charge is 2.13. The first-order chi connectivity index (χ1) is 15.4. The van der Waals surface area contributed by atoms with Gasteiger partial charge in [-0.15, -0.1) is 11.3 Å². The van der Waals surface area contributed by atoms with Crippen LogP contribution in [0.3, 0.4) is 0 Å². The van der Waals surface area contributed by atoms with E-state index >= 15 is 0 Å². The molecule has 0 bridgehead atoms. The number of anilines is 1. The summed E-state index contributed by atoms with van der Waals surface area (Å²) in [6.07, 6.45) is 0. The normalized spacial score (nSPS) is 10.4. The number of carbonyl (C=O) groups excluding carboxylic acids is 2. The van der Waals surface area contributed by atoms with Gasteiger partial charge in [0.2, 0.25) is 0 Å². The molecule has 3 rings (SSSR count). The molecule has 0 fully saturated rings. The van der Waals surface area contributed by atoms with Crippen molar-refractivity contribution in [2.45, 2.75) is 13.8 Å². The molecular formula is C23H24N2O6S. The zero-order chi connectivity index (χ0) is 23.1. The Morgan fingerprint density at radius 1 is 0.969 bits per heavy atom. The zero-order valence-corrected chi connectivity index (χ0v) is 19.1. The Morgan fingerprint density at radius 2 is 1.75 bits per heavy atom. The molecule has 32 heavy (non-hydrogen) atoms. The predicted octanol–water partition coefficient (Wildman–Crippen LogP) is 4.00. The second kappa shape index (κ2) is 10.6. The molecule has 0 atom stereocenters. The monoisotopic (exact) mass is 456 g/mol. The molecule has 1 N–H and O–H groups in total. The first kappa shape index (κ1) is 23.1. The van der Waals surface area contributed by atoms with Gasteiger partial charge in [0.15, 0.2) is 29.8 Å². The number of esters is 1. The van der Waals surface area contributed by atoms with Crippen molar-refractivity contribution in [1.82, 2.24) is 4.98 Å². The second-order valence-corrected chi connectivity index (χ2v) is 7.71. The fourth-order valence-corrected chi connectivity index (χ4v) is 3.48. The van der Waals surface area contributed by atoms with Gasteiger partial charge < -0.3 is 18.9 Å². The Morgan fingerprint density at radius 3 is 2.47 bits per heavy atom. The Hall–Kier alpha value is -3.59. The number of hydrogen-bond acceptors (Lipinski definition) is 8. The number of ether oxygens (including phenoxy) is 4. The largest absolute Gasteiger partial charge is 0.493 e. The number of benzene rings is 2. The molecule has 1 heterocycles. The number of carbonyl (C=O) groups is 2. The molecule has 1 amide bonds. The van der Waals surface area contributed by atoms with Crippen LogP contribution in [0.2, 0.25) is 0 Å². The quantitative estimate of drug-likeness (QED) is 0.486. The molecule has 0 spiro atoms. The molecule has 0 aliphatic carbocycles. The SMILES string of the molecule is COc1ccc(-c2csc(NC(=O)COC(=O)COc3ccc(C)c(C)c3)n2)cc1OC. The minimum Gasteiger partial charge on any atom is -0.493 e.